The van der Waals surface area contributed by atoms with Crippen molar-refractivity contribution in [3.05, 3.63) is 20.8 Å². The molecule has 9 nitrogen and oxygen atoms in total. The Morgan fingerprint density at radius 2 is 1.75 bits per heavy atom. The largest absolute Gasteiger partial charge is 0.340 e. The van der Waals surface area contributed by atoms with Crippen molar-refractivity contribution in [2.24, 2.45) is 14.1 Å². The van der Waals surface area contributed by atoms with E-state index in [1.807, 2.05) is 0 Å². The van der Waals surface area contributed by atoms with Crippen molar-refractivity contribution >= 4 is 17.1 Å². The Labute approximate surface area is 138 Å². The summed E-state index contributed by atoms with van der Waals surface area (Å²) in [6.45, 7) is 3.76. The number of imidazole rings is 1. The summed E-state index contributed by atoms with van der Waals surface area (Å²) >= 11 is 0. The predicted octanol–water partition coefficient (Wildman–Crippen LogP) is -0.901. The van der Waals surface area contributed by atoms with Gasteiger partial charge in [-0.3, -0.25) is 13.9 Å². The molecule has 0 N–H and O–H groups in total. The SMILES string of the molecule is CN1CCN(c2nc3c(c(=O)n(C)c(=O)n3C)n2CCC#N)CC1. The van der Waals surface area contributed by atoms with E-state index in [-0.39, 0.29) is 12.0 Å². The third kappa shape index (κ3) is 2.49. The number of aryl methyl sites for hydroxylation is 2. The summed E-state index contributed by atoms with van der Waals surface area (Å²) in [4.78, 5) is 33.7. The number of fused-ring (bicyclic) bond motifs is 1. The maximum atomic E-state index is 12.6. The Morgan fingerprint density at radius 3 is 2.38 bits per heavy atom. The van der Waals surface area contributed by atoms with Gasteiger partial charge in [-0.25, -0.2) is 4.79 Å². The van der Waals surface area contributed by atoms with Crippen molar-refractivity contribution in [1.29, 1.82) is 5.26 Å². The van der Waals surface area contributed by atoms with Crippen LogP contribution in [0.3, 0.4) is 0 Å². The van der Waals surface area contributed by atoms with E-state index in [4.69, 9.17) is 5.26 Å². The number of nitrogens with zero attached hydrogens (tertiary/aromatic N) is 7. The van der Waals surface area contributed by atoms with E-state index in [9.17, 15) is 9.59 Å². The molecule has 1 fully saturated rings. The number of nitriles is 1. The molecule has 2 aromatic heterocycles. The molecule has 1 saturated heterocycles. The minimum Gasteiger partial charge on any atom is -0.340 e. The van der Waals surface area contributed by atoms with Crippen LogP contribution in [0.5, 0.6) is 0 Å². The second-order valence-corrected chi connectivity index (χ2v) is 6.14. The molecule has 0 spiro atoms. The van der Waals surface area contributed by atoms with Gasteiger partial charge in [0.15, 0.2) is 11.2 Å². The zero-order chi connectivity index (χ0) is 17.4. The summed E-state index contributed by atoms with van der Waals surface area (Å²) in [7, 11) is 5.14. The van der Waals surface area contributed by atoms with Crippen molar-refractivity contribution in [1.82, 2.24) is 23.6 Å². The van der Waals surface area contributed by atoms with Gasteiger partial charge in [0.05, 0.1) is 12.5 Å². The highest BCUT2D eigenvalue weighted by molar-refractivity contribution is 5.74. The Kier molecular flexibility index (Phi) is 4.15. The first-order valence-corrected chi connectivity index (χ1v) is 7.92. The average Bonchev–Trinajstić information content (AvgIpc) is 2.96. The van der Waals surface area contributed by atoms with Crippen molar-refractivity contribution in [3.63, 3.8) is 0 Å². The predicted molar refractivity (Wildman–Crippen MR) is 90.2 cm³/mol. The van der Waals surface area contributed by atoms with E-state index in [1.54, 1.807) is 11.6 Å². The smallest absolute Gasteiger partial charge is 0.332 e. The number of aromatic nitrogens is 4. The lowest BCUT2D eigenvalue weighted by Crippen LogP contribution is -2.45. The molecule has 0 radical (unpaired) electrons. The summed E-state index contributed by atoms with van der Waals surface area (Å²) in [5.41, 5.74) is -0.0278. The molecule has 0 aromatic carbocycles. The van der Waals surface area contributed by atoms with Gasteiger partial charge < -0.3 is 14.4 Å². The molecule has 2 aromatic rings. The van der Waals surface area contributed by atoms with Crippen molar-refractivity contribution in [2.45, 2.75) is 13.0 Å². The summed E-state index contributed by atoms with van der Waals surface area (Å²) in [5, 5.41) is 8.95. The summed E-state index contributed by atoms with van der Waals surface area (Å²) in [6, 6.07) is 2.12. The number of rotatable bonds is 3. The van der Waals surface area contributed by atoms with Crippen LogP contribution in [0.1, 0.15) is 6.42 Å². The van der Waals surface area contributed by atoms with Crippen LogP contribution in [0.4, 0.5) is 5.95 Å². The van der Waals surface area contributed by atoms with Gasteiger partial charge in [-0.15, -0.1) is 0 Å². The Bertz CT molecular complexity index is 922. The highest BCUT2D eigenvalue weighted by Crippen LogP contribution is 2.21. The molecule has 3 heterocycles. The number of hydrogen-bond acceptors (Lipinski definition) is 6. The van der Waals surface area contributed by atoms with Crippen molar-refractivity contribution in [2.75, 3.05) is 38.1 Å². The topological polar surface area (TPSA) is 92.1 Å². The Hall–Kier alpha value is -2.60. The third-order valence-corrected chi connectivity index (χ3v) is 4.56. The maximum Gasteiger partial charge on any atom is 0.332 e. The Morgan fingerprint density at radius 1 is 1.08 bits per heavy atom. The van der Waals surface area contributed by atoms with E-state index in [2.05, 4.69) is 27.9 Å². The Balaban J connectivity index is 2.23. The van der Waals surface area contributed by atoms with Gasteiger partial charge in [-0.05, 0) is 7.05 Å². The molecular weight excluding hydrogens is 310 g/mol. The van der Waals surface area contributed by atoms with E-state index in [1.165, 1.54) is 11.6 Å². The lowest BCUT2D eigenvalue weighted by molar-refractivity contribution is 0.310. The standard InChI is InChI=1S/C15H21N7O2/c1-18-7-9-21(10-8-18)14-17-12-11(22(14)6-4-5-16)13(23)20(3)15(24)19(12)2/h4,6-10H2,1-3H3. The minimum atomic E-state index is -0.401. The molecule has 0 unspecified atom stereocenters. The van der Waals surface area contributed by atoms with Gasteiger partial charge >= 0.3 is 5.69 Å². The molecule has 0 bridgehead atoms. The quantitative estimate of drug-likeness (QED) is 0.724. The molecule has 0 atom stereocenters. The fraction of sp³-hybridized carbons (Fsp3) is 0.600. The van der Waals surface area contributed by atoms with Gasteiger partial charge in [-0.2, -0.15) is 10.2 Å². The summed E-state index contributed by atoms with van der Waals surface area (Å²) < 4.78 is 4.26. The molecule has 0 saturated carbocycles. The number of piperazine rings is 1. The van der Waals surface area contributed by atoms with Crippen LogP contribution in [0.15, 0.2) is 9.59 Å². The normalized spacial score (nSPS) is 15.8. The van der Waals surface area contributed by atoms with E-state index in [0.29, 0.717) is 23.7 Å². The fourth-order valence-electron chi connectivity index (χ4n) is 3.06. The van der Waals surface area contributed by atoms with Gasteiger partial charge in [0, 0.05) is 46.8 Å². The molecule has 3 rings (SSSR count). The van der Waals surface area contributed by atoms with Crippen LogP contribution in [0.2, 0.25) is 0 Å². The second-order valence-electron chi connectivity index (χ2n) is 6.14. The molecule has 24 heavy (non-hydrogen) atoms. The summed E-state index contributed by atoms with van der Waals surface area (Å²) in [5.74, 6) is 0.659. The van der Waals surface area contributed by atoms with Crippen molar-refractivity contribution < 1.29 is 0 Å². The van der Waals surface area contributed by atoms with Crippen LogP contribution in [0, 0.1) is 11.3 Å². The van der Waals surface area contributed by atoms with Gasteiger partial charge in [-0.1, -0.05) is 0 Å². The average molecular weight is 331 g/mol. The van der Waals surface area contributed by atoms with Crippen LogP contribution in [0.25, 0.3) is 11.2 Å². The lowest BCUT2D eigenvalue weighted by Gasteiger charge is -2.33. The molecule has 0 amide bonds. The number of likely N-dealkylation sites (N-methyl/N-ethyl adjacent to an activating group) is 1. The van der Waals surface area contributed by atoms with Crippen LogP contribution in [-0.2, 0) is 20.6 Å². The van der Waals surface area contributed by atoms with E-state index < -0.39 is 5.69 Å². The van der Waals surface area contributed by atoms with Crippen LogP contribution in [-0.4, -0.2) is 56.8 Å². The molecule has 1 aliphatic rings. The first kappa shape index (κ1) is 16.3. The van der Waals surface area contributed by atoms with E-state index >= 15 is 0 Å². The van der Waals surface area contributed by atoms with Crippen LogP contribution < -0.4 is 16.1 Å². The van der Waals surface area contributed by atoms with Crippen LogP contribution >= 0.6 is 0 Å². The molecule has 128 valence electrons. The highest BCUT2D eigenvalue weighted by atomic mass is 16.2. The molecule has 9 heteroatoms. The van der Waals surface area contributed by atoms with Gasteiger partial charge in [0.2, 0.25) is 5.95 Å². The first-order valence-electron chi connectivity index (χ1n) is 7.92. The fourth-order valence-corrected chi connectivity index (χ4v) is 3.06. The van der Waals surface area contributed by atoms with Gasteiger partial charge in [0.1, 0.15) is 0 Å². The molecule has 1 aliphatic heterocycles. The first-order chi connectivity index (χ1) is 11.5. The number of anilines is 1. The number of hydrogen-bond donors (Lipinski definition) is 0. The zero-order valence-corrected chi connectivity index (χ0v) is 14.2. The molecule has 0 aliphatic carbocycles. The van der Waals surface area contributed by atoms with Gasteiger partial charge in [0.25, 0.3) is 5.56 Å². The minimum absolute atomic E-state index is 0.276. The molecular formula is C15H21N7O2. The third-order valence-electron chi connectivity index (χ3n) is 4.56. The van der Waals surface area contributed by atoms with E-state index in [0.717, 1.165) is 30.7 Å². The monoisotopic (exact) mass is 331 g/mol. The maximum absolute atomic E-state index is 12.6. The highest BCUT2D eigenvalue weighted by Gasteiger charge is 2.24. The summed E-state index contributed by atoms with van der Waals surface area (Å²) in [6.07, 6.45) is 0.276. The zero-order valence-electron chi connectivity index (χ0n) is 14.2. The lowest BCUT2D eigenvalue weighted by atomic mass is 10.3. The van der Waals surface area contributed by atoms with Crippen molar-refractivity contribution in [3.8, 4) is 6.07 Å². The second kappa shape index (κ2) is 6.13.